The quantitative estimate of drug-likeness (QED) is 0.132. The molecule has 8 bridgehead atoms. The Morgan fingerprint density at radius 1 is 0.422 bits per heavy atom. The van der Waals surface area contributed by atoms with Crippen molar-refractivity contribution < 1.29 is 63.2 Å². The third kappa shape index (κ3) is 7.27. The van der Waals surface area contributed by atoms with Crippen LogP contribution in [0, 0.1) is 0 Å². The Labute approximate surface area is 256 Å². The van der Waals surface area contributed by atoms with Gasteiger partial charge in [-0.3, -0.25) is 0 Å². The molecule has 0 amide bonds. The molecule has 10 nitrogen and oxygen atoms in total. The van der Waals surface area contributed by atoms with E-state index in [4.69, 9.17) is 49.7 Å². The Hall–Kier alpha value is -5.28. The molecule has 233 valence electrons. The van der Waals surface area contributed by atoms with E-state index in [0.29, 0.717) is 22.6 Å². The van der Waals surface area contributed by atoms with Gasteiger partial charge >= 0.3 is 12.4 Å². The number of halogens is 6. The Balaban J connectivity index is 0.000000261. The average Bonchev–Trinajstić information content (AvgIpc) is 2.96. The van der Waals surface area contributed by atoms with Crippen LogP contribution in [-0.4, -0.2) is 54.2 Å². The molecule has 0 atom stereocenters. The van der Waals surface area contributed by atoms with Crippen LogP contribution in [-0.2, 0) is 26.7 Å². The molecule has 7 aromatic rings. The van der Waals surface area contributed by atoms with E-state index in [9.17, 15) is 26.3 Å². The van der Waals surface area contributed by atoms with Gasteiger partial charge in [0.05, 0.1) is 22.1 Å². The third-order valence-electron chi connectivity index (χ3n) is 5.90. The number of aliphatic carboxylic acids is 2. The van der Waals surface area contributed by atoms with Gasteiger partial charge in [-0.15, -0.1) is 0 Å². The number of fused-ring (bicyclic) bond motifs is 4. The van der Waals surface area contributed by atoms with Crippen molar-refractivity contribution in [1.29, 1.82) is 0 Å². The zero-order chi connectivity index (χ0) is 31.8. The summed E-state index contributed by atoms with van der Waals surface area (Å²) in [6, 6.07) is 23.9. The molecular formula is C28H12CuF6N6O4-2. The Morgan fingerprint density at radius 3 is 0.778 bits per heavy atom. The summed E-state index contributed by atoms with van der Waals surface area (Å²) in [7, 11) is 0. The molecule has 0 unspecified atom stereocenters. The van der Waals surface area contributed by atoms with Crippen LogP contribution in [0.15, 0.2) is 72.8 Å². The van der Waals surface area contributed by atoms with Crippen molar-refractivity contribution in [3.8, 4) is 0 Å². The average molecular weight is 674 g/mol. The molecule has 0 spiro atoms. The molecule has 5 aromatic heterocycles. The third-order valence-corrected chi connectivity index (χ3v) is 5.90. The second-order valence-corrected chi connectivity index (χ2v) is 8.89. The number of hydrogen-bond donors (Lipinski definition) is 0. The molecule has 0 N–H and O–H groups in total. The number of benzene rings is 2. The number of aromatic nitrogens is 6. The van der Waals surface area contributed by atoms with Gasteiger partial charge in [-0.05, 0) is 48.5 Å². The second-order valence-electron chi connectivity index (χ2n) is 8.89. The molecule has 2 aromatic carbocycles. The number of alkyl halides is 6. The van der Waals surface area contributed by atoms with Crippen LogP contribution in [0.4, 0.5) is 26.3 Å². The number of carboxylic acids is 2. The molecular weight excluding hydrogens is 662 g/mol. The molecule has 7 rings (SSSR count). The summed E-state index contributed by atoms with van der Waals surface area (Å²) in [6.45, 7) is 0. The summed E-state index contributed by atoms with van der Waals surface area (Å²) in [5.74, 6) is -6.01. The topological polar surface area (TPSA) is 158 Å². The van der Waals surface area contributed by atoms with Crippen molar-refractivity contribution in [3.05, 3.63) is 72.8 Å². The van der Waals surface area contributed by atoms with E-state index in [-0.39, 0.29) is 17.1 Å². The molecule has 0 aliphatic heterocycles. The van der Waals surface area contributed by atoms with Gasteiger partial charge < -0.3 is 19.8 Å². The summed E-state index contributed by atoms with van der Waals surface area (Å²) in [5.41, 5.74) is 5.57. The molecule has 0 saturated heterocycles. The number of carbonyl (C=O) groups excluding carboxylic acids is 2. The largest absolute Gasteiger partial charge is 0.542 e. The zero-order valence-electron chi connectivity index (χ0n) is 21.8. The van der Waals surface area contributed by atoms with Gasteiger partial charge in [0.25, 0.3) is 0 Å². The summed E-state index contributed by atoms with van der Waals surface area (Å²) < 4.78 is 63.1. The van der Waals surface area contributed by atoms with Crippen LogP contribution < -0.4 is 10.2 Å². The van der Waals surface area contributed by atoms with E-state index in [1.54, 1.807) is 0 Å². The van der Waals surface area contributed by atoms with Crippen molar-refractivity contribution in [2.45, 2.75) is 12.4 Å². The SMILES string of the molecule is O=C([O-])C(F)(F)F.O=C([O-])C(F)(F)F.[Cu].c1cc2ccc3ccc4nc5ccc6ccc7ccc(nc1nc2c3n4)nc7c6n5. The molecule has 17 heteroatoms. The monoisotopic (exact) mass is 673 g/mol. The van der Waals surface area contributed by atoms with E-state index in [1.165, 1.54) is 0 Å². The molecule has 0 fully saturated rings. The minimum absolute atomic E-state index is 0. The summed E-state index contributed by atoms with van der Waals surface area (Å²) in [4.78, 5) is 46.1. The number of rotatable bonds is 0. The van der Waals surface area contributed by atoms with Crippen molar-refractivity contribution in [2.24, 2.45) is 0 Å². The summed E-state index contributed by atoms with van der Waals surface area (Å²) >= 11 is 0. The van der Waals surface area contributed by atoms with Crippen LogP contribution in [0.1, 0.15) is 0 Å². The predicted molar refractivity (Wildman–Crippen MR) is 140 cm³/mol. The van der Waals surface area contributed by atoms with E-state index in [2.05, 4.69) is 0 Å². The van der Waals surface area contributed by atoms with E-state index in [1.807, 2.05) is 72.8 Å². The number of hydrogen-bond acceptors (Lipinski definition) is 10. The fourth-order valence-electron chi connectivity index (χ4n) is 3.98. The minimum atomic E-state index is -5.19. The zero-order valence-corrected chi connectivity index (χ0v) is 22.8. The van der Waals surface area contributed by atoms with Gasteiger partial charge in [0.15, 0.2) is 22.6 Å². The number of carboxylic acid groups (broad SMARTS) is 2. The van der Waals surface area contributed by atoms with Gasteiger partial charge in [-0.25, -0.2) is 29.9 Å². The van der Waals surface area contributed by atoms with Crippen LogP contribution in [0.3, 0.4) is 0 Å². The minimum Gasteiger partial charge on any atom is -0.542 e. The first kappa shape index (κ1) is 32.6. The molecule has 5 heterocycles. The molecule has 0 aliphatic carbocycles. The van der Waals surface area contributed by atoms with Crippen LogP contribution in [0.5, 0.6) is 0 Å². The Bertz CT molecular complexity index is 1960. The van der Waals surface area contributed by atoms with Gasteiger partial charge in [0.2, 0.25) is 0 Å². The van der Waals surface area contributed by atoms with Crippen LogP contribution >= 0.6 is 0 Å². The van der Waals surface area contributed by atoms with Gasteiger partial charge in [-0.2, -0.15) is 26.3 Å². The first-order valence-electron chi connectivity index (χ1n) is 12.1. The fraction of sp³-hybridized carbons (Fsp3) is 0.0714. The number of pyridine rings is 4. The molecule has 1 radical (unpaired) electrons. The normalized spacial score (nSPS) is 11.5. The molecule has 45 heavy (non-hydrogen) atoms. The van der Waals surface area contributed by atoms with Crippen molar-refractivity contribution >= 4 is 78.1 Å². The number of nitrogens with zero attached hydrogens (tertiary/aromatic N) is 6. The summed E-state index contributed by atoms with van der Waals surface area (Å²) in [5, 5.41) is 21.6. The van der Waals surface area contributed by atoms with Crippen molar-refractivity contribution in [3.63, 3.8) is 0 Å². The first-order chi connectivity index (χ1) is 20.7. The summed E-state index contributed by atoms with van der Waals surface area (Å²) in [6.07, 6.45) is -10.4. The maximum absolute atomic E-state index is 10.5. The van der Waals surface area contributed by atoms with E-state index >= 15 is 0 Å². The first-order valence-corrected chi connectivity index (χ1v) is 12.1. The maximum atomic E-state index is 10.5. The second kappa shape index (κ2) is 12.4. The van der Waals surface area contributed by atoms with Gasteiger partial charge in [-0.1, -0.05) is 24.3 Å². The van der Waals surface area contributed by atoms with E-state index < -0.39 is 24.3 Å². The predicted octanol–water partition coefficient (Wildman–Crippen LogP) is 3.57. The Kier molecular flexibility index (Phi) is 8.97. The Morgan fingerprint density at radius 2 is 0.600 bits per heavy atom. The van der Waals surface area contributed by atoms with E-state index in [0.717, 1.165) is 43.6 Å². The van der Waals surface area contributed by atoms with Crippen molar-refractivity contribution in [1.82, 2.24) is 29.9 Å². The number of carbonyl (C=O) groups is 2. The maximum Gasteiger partial charge on any atom is 0.430 e. The van der Waals surface area contributed by atoms with Gasteiger partial charge in [0, 0.05) is 38.6 Å². The standard InChI is InChI=1S/C24H12N6.2C2HF3O2.Cu/c1-2-14-6-10-18-26-20-12-8-16-4-3-15-7-11-19(29-23(15)24(16)30-20)25-17-9-5-13(1)21(27-17)22(14)28-18;2*3-2(4,5)1(6)7;/h1-12H;2*(H,6,7);/p-2. The van der Waals surface area contributed by atoms with Crippen LogP contribution in [0.2, 0.25) is 0 Å². The molecule has 0 saturated carbocycles. The fourth-order valence-corrected chi connectivity index (χ4v) is 3.98. The van der Waals surface area contributed by atoms with Crippen molar-refractivity contribution in [2.75, 3.05) is 0 Å². The van der Waals surface area contributed by atoms with Crippen LogP contribution in [0.25, 0.3) is 66.2 Å². The van der Waals surface area contributed by atoms with Gasteiger partial charge in [0.1, 0.15) is 11.9 Å². The smallest absolute Gasteiger partial charge is 0.430 e. The molecule has 0 aliphatic rings.